The molecule has 0 bridgehead atoms. The van der Waals surface area contributed by atoms with E-state index in [1.807, 2.05) is 6.92 Å². The van der Waals surface area contributed by atoms with Gasteiger partial charge in [0, 0.05) is 13.2 Å². The second kappa shape index (κ2) is 6.35. The van der Waals surface area contributed by atoms with Crippen LogP contribution in [-0.4, -0.2) is 30.2 Å². The summed E-state index contributed by atoms with van der Waals surface area (Å²) < 4.78 is 9.94. The lowest BCUT2D eigenvalue weighted by molar-refractivity contribution is -0.172. The lowest BCUT2D eigenvalue weighted by Gasteiger charge is -2.15. The zero-order valence-corrected chi connectivity index (χ0v) is 9.17. The van der Waals surface area contributed by atoms with Crippen molar-refractivity contribution in [2.24, 2.45) is 0 Å². The van der Waals surface area contributed by atoms with Crippen LogP contribution in [0.1, 0.15) is 40.5 Å². The van der Waals surface area contributed by atoms with Gasteiger partial charge in [-0.2, -0.15) is 0 Å². The highest BCUT2D eigenvalue weighted by Crippen LogP contribution is 2.09. The lowest BCUT2D eigenvalue weighted by atomic mass is 10.3. The van der Waals surface area contributed by atoms with Gasteiger partial charge in [0.2, 0.25) is 0 Å². The monoisotopic (exact) mass is 190 g/mol. The van der Waals surface area contributed by atoms with Gasteiger partial charge < -0.3 is 14.6 Å². The van der Waals surface area contributed by atoms with Crippen LogP contribution in [0.3, 0.4) is 0 Å². The molecule has 1 rings (SSSR count). The van der Waals surface area contributed by atoms with Gasteiger partial charge >= 0.3 is 0 Å². The Hall–Kier alpha value is -0.120. The normalized spacial score (nSPS) is 22.4. The fourth-order valence-electron chi connectivity index (χ4n) is 1.09. The summed E-state index contributed by atoms with van der Waals surface area (Å²) in [6.07, 6.45) is 3.08. The molecule has 80 valence electrons. The second-order valence-corrected chi connectivity index (χ2v) is 3.70. The number of hydrogen-bond donors (Lipinski definition) is 1. The Labute approximate surface area is 81.0 Å². The minimum Gasteiger partial charge on any atom is -0.379 e. The molecule has 3 heteroatoms. The molecular weight excluding hydrogens is 168 g/mol. The van der Waals surface area contributed by atoms with Crippen molar-refractivity contribution < 1.29 is 14.6 Å². The van der Waals surface area contributed by atoms with Crippen molar-refractivity contribution in [3.8, 4) is 0 Å². The van der Waals surface area contributed by atoms with Crippen LogP contribution in [0.4, 0.5) is 0 Å². The molecule has 3 nitrogen and oxygen atoms in total. The molecule has 0 radical (unpaired) electrons. The Morgan fingerprint density at radius 3 is 2.23 bits per heavy atom. The molecule has 1 atom stereocenters. The molecule has 0 aromatic carbocycles. The maximum atomic E-state index is 8.80. The first kappa shape index (κ1) is 12.9. The predicted molar refractivity (Wildman–Crippen MR) is 52.6 cm³/mol. The molecular formula is C10H22O3. The van der Waals surface area contributed by atoms with Gasteiger partial charge in [0.1, 0.15) is 0 Å². The third-order valence-corrected chi connectivity index (χ3v) is 1.65. The summed E-state index contributed by atoms with van der Waals surface area (Å²) in [5, 5.41) is 8.80. The topological polar surface area (TPSA) is 38.7 Å². The quantitative estimate of drug-likeness (QED) is 0.676. The SMILES string of the molecule is CC1CCCO1.CCOC(C)(C)O. The van der Waals surface area contributed by atoms with Crippen LogP contribution in [0.2, 0.25) is 0 Å². The first-order valence-electron chi connectivity index (χ1n) is 4.93. The van der Waals surface area contributed by atoms with E-state index in [4.69, 9.17) is 14.6 Å². The van der Waals surface area contributed by atoms with Crippen molar-refractivity contribution in [3.63, 3.8) is 0 Å². The Morgan fingerprint density at radius 1 is 1.54 bits per heavy atom. The van der Waals surface area contributed by atoms with Crippen molar-refractivity contribution >= 4 is 0 Å². The zero-order chi connectivity index (χ0) is 10.3. The van der Waals surface area contributed by atoms with Gasteiger partial charge in [0.15, 0.2) is 5.79 Å². The Kier molecular flexibility index (Phi) is 6.29. The molecule has 1 N–H and O–H groups in total. The van der Waals surface area contributed by atoms with Crippen LogP contribution in [0, 0.1) is 0 Å². The Bertz CT molecular complexity index is 112. The van der Waals surface area contributed by atoms with Crippen molar-refractivity contribution in [1.29, 1.82) is 0 Å². The summed E-state index contributed by atoms with van der Waals surface area (Å²) >= 11 is 0. The average molecular weight is 190 g/mol. The van der Waals surface area contributed by atoms with E-state index in [0.717, 1.165) is 6.61 Å². The molecule has 0 aromatic rings. The third-order valence-electron chi connectivity index (χ3n) is 1.65. The zero-order valence-electron chi connectivity index (χ0n) is 9.17. The van der Waals surface area contributed by atoms with E-state index in [1.54, 1.807) is 13.8 Å². The summed E-state index contributed by atoms with van der Waals surface area (Å²) in [4.78, 5) is 0. The van der Waals surface area contributed by atoms with E-state index >= 15 is 0 Å². The van der Waals surface area contributed by atoms with Crippen LogP contribution in [0.5, 0.6) is 0 Å². The van der Waals surface area contributed by atoms with Gasteiger partial charge in [-0.15, -0.1) is 0 Å². The van der Waals surface area contributed by atoms with Crippen LogP contribution in [0.15, 0.2) is 0 Å². The summed E-state index contributed by atoms with van der Waals surface area (Å²) in [6, 6.07) is 0. The highest BCUT2D eigenvalue weighted by molar-refractivity contribution is 4.56. The molecule has 0 aromatic heterocycles. The molecule has 1 aliphatic rings. The standard InChI is InChI=1S/C5H12O2.C5H10O/c1-4-7-5(2,3)6;1-5-3-2-4-6-5/h6H,4H2,1-3H3;5H,2-4H2,1H3. The Balaban J connectivity index is 0.000000223. The molecule has 1 fully saturated rings. The van der Waals surface area contributed by atoms with Crippen LogP contribution in [0.25, 0.3) is 0 Å². The fraction of sp³-hybridized carbons (Fsp3) is 1.00. The molecule has 13 heavy (non-hydrogen) atoms. The summed E-state index contributed by atoms with van der Waals surface area (Å²) in [5.74, 6) is -0.950. The fourth-order valence-corrected chi connectivity index (χ4v) is 1.09. The van der Waals surface area contributed by atoms with Crippen LogP contribution in [-0.2, 0) is 9.47 Å². The van der Waals surface area contributed by atoms with Crippen molar-refractivity contribution in [2.75, 3.05) is 13.2 Å². The predicted octanol–water partition coefficient (Wildman–Crippen LogP) is 1.94. The maximum Gasteiger partial charge on any atom is 0.159 e. The highest BCUT2D eigenvalue weighted by Gasteiger charge is 2.09. The van der Waals surface area contributed by atoms with E-state index in [2.05, 4.69) is 6.92 Å². The number of aliphatic hydroxyl groups is 1. The average Bonchev–Trinajstić information content (AvgIpc) is 2.38. The molecule has 0 spiro atoms. The molecule has 0 amide bonds. The summed E-state index contributed by atoms with van der Waals surface area (Å²) in [7, 11) is 0. The first-order valence-corrected chi connectivity index (χ1v) is 4.93. The number of hydrogen-bond acceptors (Lipinski definition) is 3. The minimum absolute atomic E-state index is 0.546. The molecule has 1 unspecified atom stereocenters. The van der Waals surface area contributed by atoms with Gasteiger partial charge in [-0.25, -0.2) is 0 Å². The second-order valence-electron chi connectivity index (χ2n) is 3.70. The van der Waals surface area contributed by atoms with Gasteiger partial charge in [-0.05, 0) is 40.5 Å². The smallest absolute Gasteiger partial charge is 0.159 e. The van der Waals surface area contributed by atoms with Crippen molar-refractivity contribution in [2.45, 2.75) is 52.4 Å². The van der Waals surface area contributed by atoms with Gasteiger partial charge in [-0.1, -0.05) is 0 Å². The van der Waals surface area contributed by atoms with Crippen molar-refractivity contribution in [3.05, 3.63) is 0 Å². The molecule has 0 saturated carbocycles. The molecule has 1 saturated heterocycles. The number of ether oxygens (including phenoxy) is 2. The maximum absolute atomic E-state index is 8.80. The molecule has 1 aliphatic heterocycles. The van der Waals surface area contributed by atoms with E-state index in [1.165, 1.54) is 12.8 Å². The first-order chi connectivity index (χ1) is 5.95. The highest BCUT2D eigenvalue weighted by atomic mass is 16.6. The van der Waals surface area contributed by atoms with E-state index in [9.17, 15) is 0 Å². The van der Waals surface area contributed by atoms with Crippen molar-refractivity contribution in [1.82, 2.24) is 0 Å². The summed E-state index contributed by atoms with van der Waals surface area (Å²) in [5.41, 5.74) is 0. The minimum atomic E-state index is -0.950. The summed E-state index contributed by atoms with van der Waals surface area (Å²) in [6.45, 7) is 8.72. The molecule has 1 heterocycles. The van der Waals surface area contributed by atoms with E-state index in [0.29, 0.717) is 12.7 Å². The van der Waals surface area contributed by atoms with Crippen LogP contribution >= 0.6 is 0 Å². The van der Waals surface area contributed by atoms with Gasteiger partial charge in [-0.3, -0.25) is 0 Å². The largest absolute Gasteiger partial charge is 0.379 e. The van der Waals surface area contributed by atoms with E-state index in [-0.39, 0.29) is 0 Å². The number of rotatable bonds is 2. The van der Waals surface area contributed by atoms with Gasteiger partial charge in [0.25, 0.3) is 0 Å². The lowest BCUT2D eigenvalue weighted by Crippen LogP contribution is -2.22. The third kappa shape index (κ3) is 9.80. The van der Waals surface area contributed by atoms with E-state index < -0.39 is 5.79 Å². The molecule has 0 aliphatic carbocycles. The van der Waals surface area contributed by atoms with Gasteiger partial charge in [0.05, 0.1) is 6.10 Å². The Morgan fingerprint density at radius 2 is 2.15 bits per heavy atom. The van der Waals surface area contributed by atoms with Crippen LogP contribution < -0.4 is 0 Å².